The molecule has 0 radical (unpaired) electrons. The number of allylic oxidation sites excluding steroid dienone is 2. The van der Waals surface area contributed by atoms with E-state index in [0.29, 0.717) is 0 Å². The summed E-state index contributed by atoms with van der Waals surface area (Å²) in [5.41, 5.74) is 2.43. The molecule has 0 aromatic rings. The van der Waals surface area contributed by atoms with Crippen LogP contribution in [0.5, 0.6) is 0 Å². The molecule has 0 aromatic carbocycles. The highest BCUT2D eigenvalue weighted by Crippen LogP contribution is 1.90. The maximum Gasteiger partial charge on any atom is 0.0364 e. The highest BCUT2D eigenvalue weighted by atomic mass is 14.7. The predicted octanol–water partition coefficient (Wildman–Crippen LogP) is 2.43. The van der Waals surface area contributed by atoms with Crippen molar-refractivity contribution in [3.8, 4) is 0 Å². The highest BCUT2D eigenvalue weighted by Gasteiger charge is 1.80. The third-order valence-electron chi connectivity index (χ3n) is 0.905. The second-order valence-corrected chi connectivity index (χ2v) is 2.34. The van der Waals surface area contributed by atoms with Crippen LogP contribution >= 0.6 is 0 Å². The average molecular weight is 125 g/mol. The molecule has 0 heterocycles. The van der Waals surface area contributed by atoms with E-state index in [1.165, 1.54) is 5.57 Å². The fourth-order valence-corrected chi connectivity index (χ4v) is 0.713. The quantitative estimate of drug-likeness (QED) is 0.503. The van der Waals surface area contributed by atoms with E-state index in [9.17, 15) is 0 Å². The van der Waals surface area contributed by atoms with Gasteiger partial charge in [0.2, 0.25) is 0 Å². The van der Waals surface area contributed by atoms with Crippen LogP contribution in [-0.2, 0) is 0 Å². The monoisotopic (exact) mass is 125 g/mol. The van der Waals surface area contributed by atoms with Crippen molar-refractivity contribution in [2.45, 2.75) is 27.7 Å². The van der Waals surface area contributed by atoms with Crippen molar-refractivity contribution in [2.75, 3.05) is 6.54 Å². The molecule has 9 heavy (non-hydrogen) atoms. The topological polar surface area (TPSA) is 12.4 Å². The Balaban J connectivity index is 3.90. The lowest BCUT2D eigenvalue weighted by atomic mass is 10.2. The first kappa shape index (κ1) is 8.41. The molecule has 0 amide bonds. The fraction of sp³-hybridized carbons (Fsp3) is 0.625. The zero-order valence-electron chi connectivity index (χ0n) is 6.73. The molecular weight excluding hydrogens is 110 g/mol. The summed E-state index contributed by atoms with van der Waals surface area (Å²) in [5.74, 6) is 0. The molecule has 1 heteroatoms. The van der Waals surface area contributed by atoms with Crippen molar-refractivity contribution in [1.82, 2.24) is 0 Å². The van der Waals surface area contributed by atoms with Gasteiger partial charge in [0.1, 0.15) is 0 Å². The summed E-state index contributed by atoms with van der Waals surface area (Å²) in [5, 5.41) is 0. The van der Waals surface area contributed by atoms with E-state index in [2.05, 4.69) is 24.9 Å². The molecule has 0 fully saturated rings. The smallest absolute Gasteiger partial charge is 0.0364 e. The molecule has 0 spiro atoms. The van der Waals surface area contributed by atoms with E-state index in [1.807, 2.05) is 13.8 Å². The van der Waals surface area contributed by atoms with Crippen molar-refractivity contribution < 1.29 is 0 Å². The van der Waals surface area contributed by atoms with Gasteiger partial charge in [0.25, 0.3) is 0 Å². The molecule has 0 saturated carbocycles. The van der Waals surface area contributed by atoms with E-state index < -0.39 is 0 Å². The van der Waals surface area contributed by atoms with Gasteiger partial charge in [0.05, 0.1) is 0 Å². The van der Waals surface area contributed by atoms with Gasteiger partial charge in [-0.3, -0.25) is 4.99 Å². The van der Waals surface area contributed by atoms with Crippen LogP contribution in [0, 0.1) is 0 Å². The first-order valence-corrected chi connectivity index (χ1v) is 3.32. The molecule has 0 saturated heterocycles. The third-order valence-corrected chi connectivity index (χ3v) is 0.905. The van der Waals surface area contributed by atoms with Crippen LogP contribution < -0.4 is 0 Å². The van der Waals surface area contributed by atoms with Crippen molar-refractivity contribution >= 4 is 5.71 Å². The van der Waals surface area contributed by atoms with E-state index in [-0.39, 0.29) is 0 Å². The van der Waals surface area contributed by atoms with Crippen molar-refractivity contribution in [3.05, 3.63) is 11.6 Å². The Labute approximate surface area is 57.5 Å². The van der Waals surface area contributed by atoms with Crippen molar-refractivity contribution in [1.29, 1.82) is 0 Å². The second kappa shape index (κ2) is 4.30. The predicted molar refractivity (Wildman–Crippen MR) is 43.1 cm³/mol. The Morgan fingerprint density at radius 2 is 1.89 bits per heavy atom. The molecular formula is C8H15N. The van der Waals surface area contributed by atoms with E-state index >= 15 is 0 Å². The lowest BCUT2D eigenvalue weighted by Gasteiger charge is -1.90. The number of nitrogens with zero attached hydrogens (tertiary/aromatic N) is 1. The van der Waals surface area contributed by atoms with Gasteiger partial charge in [-0.05, 0) is 33.8 Å². The SMILES string of the molecule is CCN=C(C)C=C(C)C. The maximum atomic E-state index is 4.20. The summed E-state index contributed by atoms with van der Waals surface area (Å²) >= 11 is 0. The van der Waals surface area contributed by atoms with Gasteiger partial charge < -0.3 is 0 Å². The molecule has 0 N–H and O–H groups in total. The van der Waals surface area contributed by atoms with Gasteiger partial charge >= 0.3 is 0 Å². The van der Waals surface area contributed by atoms with Crippen LogP contribution in [-0.4, -0.2) is 12.3 Å². The van der Waals surface area contributed by atoms with Gasteiger partial charge in [0, 0.05) is 12.3 Å². The average Bonchev–Trinajstić information content (AvgIpc) is 1.63. The summed E-state index contributed by atoms with van der Waals surface area (Å²) in [4.78, 5) is 4.20. The summed E-state index contributed by atoms with van der Waals surface area (Å²) in [6.07, 6.45) is 2.09. The number of hydrogen-bond acceptors (Lipinski definition) is 1. The second-order valence-electron chi connectivity index (χ2n) is 2.34. The summed E-state index contributed by atoms with van der Waals surface area (Å²) in [6.45, 7) is 9.11. The van der Waals surface area contributed by atoms with E-state index in [4.69, 9.17) is 0 Å². The Morgan fingerprint density at radius 3 is 2.22 bits per heavy atom. The van der Waals surface area contributed by atoms with Crippen LogP contribution in [0.4, 0.5) is 0 Å². The molecule has 0 aliphatic rings. The first-order valence-electron chi connectivity index (χ1n) is 3.32. The van der Waals surface area contributed by atoms with Gasteiger partial charge in [0.15, 0.2) is 0 Å². The lowest BCUT2D eigenvalue weighted by Crippen LogP contribution is -1.86. The Bertz CT molecular complexity index is 128. The van der Waals surface area contributed by atoms with Crippen LogP contribution in [0.25, 0.3) is 0 Å². The largest absolute Gasteiger partial charge is 0.290 e. The fourth-order valence-electron chi connectivity index (χ4n) is 0.713. The van der Waals surface area contributed by atoms with Crippen LogP contribution in [0.2, 0.25) is 0 Å². The molecule has 0 aliphatic carbocycles. The number of aliphatic imine (C=N–C) groups is 1. The molecule has 0 aliphatic heterocycles. The van der Waals surface area contributed by atoms with E-state index in [1.54, 1.807) is 0 Å². The molecule has 52 valence electrons. The molecule has 0 aromatic heterocycles. The van der Waals surface area contributed by atoms with Crippen LogP contribution in [0.1, 0.15) is 27.7 Å². The molecule has 0 atom stereocenters. The van der Waals surface area contributed by atoms with Gasteiger partial charge in [-0.25, -0.2) is 0 Å². The zero-order chi connectivity index (χ0) is 7.28. The Kier molecular flexibility index (Phi) is 4.02. The van der Waals surface area contributed by atoms with E-state index in [0.717, 1.165) is 12.3 Å². The van der Waals surface area contributed by atoms with Gasteiger partial charge in [-0.1, -0.05) is 5.57 Å². The normalized spacial score (nSPS) is 11.3. The number of hydrogen-bond donors (Lipinski definition) is 0. The zero-order valence-corrected chi connectivity index (χ0v) is 6.73. The standard InChI is InChI=1S/C8H15N/c1-5-9-8(4)6-7(2)3/h6H,5H2,1-4H3. The highest BCUT2D eigenvalue weighted by molar-refractivity contribution is 5.93. The van der Waals surface area contributed by atoms with Gasteiger partial charge in [-0.15, -0.1) is 0 Å². The lowest BCUT2D eigenvalue weighted by molar-refractivity contribution is 1.13. The minimum atomic E-state index is 0.885. The first-order chi connectivity index (χ1) is 4.16. The molecule has 0 unspecified atom stereocenters. The summed E-state index contributed by atoms with van der Waals surface area (Å²) in [6, 6.07) is 0. The van der Waals surface area contributed by atoms with Crippen LogP contribution in [0.15, 0.2) is 16.6 Å². The molecule has 0 bridgehead atoms. The Hall–Kier alpha value is -0.590. The molecule has 0 rings (SSSR count). The number of rotatable bonds is 2. The Morgan fingerprint density at radius 1 is 1.33 bits per heavy atom. The third kappa shape index (κ3) is 5.28. The van der Waals surface area contributed by atoms with Crippen LogP contribution in [0.3, 0.4) is 0 Å². The summed E-state index contributed by atoms with van der Waals surface area (Å²) in [7, 11) is 0. The van der Waals surface area contributed by atoms with Crippen molar-refractivity contribution in [3.63, 3.8) is 0 Å². The van der Waals surface area contributed by atoms with Crippen molar-refractivity contribution in [2.24, 2.45) is 4.99 Å². The molecule has 1 nitrogen and oxygen atoms in total. The summed E-state index contributed by atoms with van der Waals surface area (Å²) < 4.78 is 0. The van der Waals surface area contributed by atoms with Gasteiger partial charge in [-0.2, -0.15) is 0 Å². The minimum absolute atomic E-state index is 0.885. The minimum Gasteiger partial charge on any atom is -0.290 e. The maximum absolute atomic E-state index is 4.20.